The molecule has 1 heterocycles. The Morgan fingerprint density at radius 1 is 1.47 bits per heavy atom. The van der Waals surface area contributed by atoms with E-state index in [4.69, 9.17) is 0 Å². The van der Waals surface area contributed by atoms with Crippen LogP contribution in [0.3, 0.4) is 0 Å². The van der Waals surface area contributed by atoms with E-state index in [-0.39, 0.29) is 0 Å². The molecule has 1 aliphatic carbocycles. The summed E-state index contributed by atoms with van der Waals surface area (Å²) in [7, 11) is 0. The minimum absolute atomic E-state index is 0.450. The number of hydrogen-bond donors (Lipinski definition) is 0. The van der Waals surface area contributed by atoms with Crippen LogP contribution in [0.5, 0.6) is 0 Å². The minimum Gasteiger partial charge on any atom is -0.353 e. The van der Waals surface area contributed by atoms with Gasteiger partial charge in [0, 0.05) is 18.7 Å². The first-order chi connectivity index (χ1) is 7.16. The van der Waals surface area contributed by atoms with Gasteiger partial charge < -0.3 is 4.90 Å². The van der Waals surface area contributed by atoms with Gasteiger partial charge in [-0.05, 0) is 18.8 Å². The van der Waals surface area contributed by atoms with Crippen LogP contribution in [0.15, 0.2) is 12.4 Å². The normalized spacial score (nSPS) is 15.7. The first-order valence-corrected chi connectivity index (χ1v) is 5.41. The maximum Gasteiger partial charge on any atom is 0.218 e. The lowest BCUT2D eigenvalue weighted by Crippen LogP contribution is -2.30. The van der Waals surface area contributed by atoms with Crippen molar-refractivity contribution in [2.24, 2.45) is 5.92 Å². The number of hydrogen-bond acceptors (Lipinski definition) is 3. The molecule has 0 aromatic carbocycles. The predicted molar refractivity (Wildman–Crippen MR) is 57.2 cm³/mol. The summed E-state index contributed by atoms with van der Waals surface area (Å²) in [6.07, 6.45) is 3.68. The summed E-state index contributed by atoms with van der Waals surface area (Å²) in [6, 6.07) is 1.97. The second-order valence-corrected chi connectivity index (χ2v) is 4.48. The van der Waals surface area contributed by atoms with Crippen molar-refractivity contribution in [2.45, 2.75) is 32.7 Å². The van der Waals surface area contributed by atoms with Gasteiger partial charge in [-0.2, -0.15) is 4.39 Å². The molecule has 1 aromatic heterocycles. The standard InChI is InChI=1S/C11H16FN3/c1-8(2)6-15(9-3-4-9)11-5-10(12)13-7-14-11/h5,7-9H,3-4,6H2,1-2H3. The van der Waals surface area contributed by atoms with Crippen LogP contribution in [-0.2, 0) is 0 Å². The molecular formula is C11H16FN3. The van der Waals surface area contributed by atoms with Gasteiger partial charge in [-0.25, -0.2) is 9.97 Å². The summed E-state index contributed by atoms with van der Waals surface area (Å²) in [5.74, 6) is 0.830. The van der Waals surface area contributed by atoms with Gasteiger partial charge in [0.25, 0.3) is 0 Å². The first kappa shape index (κ1) is 10.3. The van der Waals surface area contributed by atoms with Gasteiger partial charge in [-0.15, -0.1) is 0 Å². The van der Waals surface area contributed by atoms with Gasteiger partial charge in [0.1, 0.15) is 12.1 Å². The molecule has 0 saturated heterocycles. The van der Waals surface area contributed by atoms with Crippen molar-refractivity contribution in [1.29, 1.82) is 0 Å². The van der Waals surface area contributed by atoms with E-state index in [1.807, 2.05) is 0 Å². The molecule has 0 bridgehead atoms. The highest BCUT2D eigenvalue weighted by molar-refractivity contribution is 5.40. The van der Waals surface area contributed by atoms with Gasteiger partial charge in [0.2, 0.25) is 5.95 Å². The monoisotopic (exact) mass is 209 g/mol. The number of halogens is 1. The molecule has 1 saturated carbocycles. The van der Waals surface area contributed by atoms with E-state index in [0.717, 1.165) is 12.4 Å². The smallest absolute Gasteiger partial charge is 0.218 e. The van der Waals surface area contributed by atoms with Gasteiger partial charge in [0.05, 0.1) is 0 Å². The Hall–Kier alpha value is -1.19. The molecule has 1 aromatic rings. The maximum atomic E-state index is 13.0. The van der Waals surface area contributed by atoms with Crippen LogP contribution < -0.4 is 4.90 Å². The van der Waals surface area contributed by atoms with Crippen molar-refractivity contribution in [1.82, 2.24) is 9.97 Å². The molecule has 0 spiro atoms. The third kappa shape index (κ3) is 2.64. The van der Waals surface area contributed by atoms with Crippen molar-refractivity contribution < 1.29 is 4.39 Å². The molecule has 0 N–H and O–H groups in total. The third-order valence-corrected chi connectivity index (χ3v) is 2.46. The molecule has 3 nitrogen and oxygen atoms in total. The van der Waals surface area contributed by atoms with Gasteiger partial charge in [0.15, 0.2) is 0 Å². The Balaban J connectivity index is 2.16. The quantitative estimate of drug-likeness (QED) is 0.712. The van der Waals surface area contributed by atoms with Crippen molar-refractivity contribution in [3.63, 3.8) is 0 Å². The number of rotatable bonds is 4. The zero-order chi connectivity index (χ0) is 10.8. The first-order valence-electron chi connectivity index (χ1n) is 5.41. The summed E-state index contributed by atoms with van der Waals surface area (Å²) in [5, 5.41) is 0. The third-order valence-electron chi connectivity index (χ3n) is 2.46. The molecule has 0 amide bonds. The Morgan fingerprint density at radius 2 is 2.20 bits per heavy atom. The van der Waals surface area contributed by atoms with Crippen molar-refractivity contribution in [2.75, 3.05) is 11.4 Å². The second-order valence-electron chi connectivity index (χ2n) is 4.48. The molecule has 82 valence electrons. The second kappa shape index (κ2) is 4.13. The zero-order valence-electron chi connectivity index (χ0n) is 9.15. The largest absolute Gasteiger partial charge is 0.353 e. The van der Waals surface area contributed by atoms with E-state index in [1.165, 1.54) is 25.2 Å². The SMILES string of the molecule is CC(C)CN(c1cc(F)ncn1)C1CC1. The van der Waals surface area contributed by atoms with Crippen molar-refractivity contribution >= 4 is 5.82 Å². The summed E-state index contributed by atoms with van der Waals surface area (Å²) < 4.78 is 13.0. The lowest BCUT2D eigenvalue weighted by Gasteiger charge is -2.25. The number of anilines is 1. The topological polar surface area (TPSA) is 29.0 Å². The Bertz CT molecular complexity index is 336. The summed E-state index contributed by atoms with van der Waals surface area (Å²) in [6.45, 7) is 5.25. The van der Waals surface area contributed by atoms with Crippen LogP contribution in [0.4, 0.5) is 10.2 Å². The zero-order valence-corrected chi connectivity index (χ0v) is 9.15. The molecular weight excluding hydrogens is 193 g/mol. The van der Waals surface area contributed by atoms with E-state index in [1.54, 1.807) is 0 Å². The molecule has 2 rings (SSSR count). The van der Waals surface area contributed by atoms with Crippen molar-refractivity contribution in [3.05, 3.63) is 18.3 Å². The van der Waals surface area contributed by atoms with Crippen LogP contribution in [0.25, 0.3) is 0 Å². The lowest BCUT2D eigenvalue weighted by atomic mass is 10.2. The average Bonchev–Trinajstić information content (AvgIpc) is 2.97. The molecule has 0 radical (unpaired) electrons. The summed E-state index contributed by atoms with van der Waals surface area (Å²) in [5.41, 5.74) is 0. The maximum absolute atomic E-state index is 13.0. The molecule has 0 atom stereocenters. The van der Waals surface area contributed by atoms with E-state index in [2.05, 4.69) is 28.7 Å². The molecule has 15 heavy (non-hydrogen) atoms. The minimum atomic E-state index is -0.450. The Kier molecular flexibility index (Phi) is 2.84. The predicted octanol–water partition coefficient (Wildman–Crippen LogP) is 2.24. The molecule has 0 aliphatic heterocycles. The van der Waals surface area contributed by atoms with Crippen LogP contribution >= 0.6 is 0 Å². The molecule has 1 fully saturated rings. The Labute approximate surface area is 89.3 Å². The fraction of sp³-hybridized carbons (Fsp3) is 0.636. The van der Waals surface area contributed by atoms with E-state index >= 15 is 0 Å². The van der Waals surface area contributed by atoms with Crippen molar-refractivity contribution in [3.8, 4) is 0 Å². The number of nitrogens with zero attached hydrogens (tertiary/aromatic N) is 3. The van der Waals surface area contributed by atoms with E-state index in [9.17, 15) is 4.39 Å². The average molecular weight is 209 g/mol. The summed E-state index contributed by atoms with van der Waals surface area (Å²) in [4.78, 5) is 9.80. The van der Waals surface area contributed by atoms with Crippen LogP contribution in [0.2, 0.25) is 0 Å². The van der Waals surface area contributed by atoms with E-state index in [0.29, 0.717) is 12.0 Å². The van der Waals surface area contributed by atoms with Crippen LogP contribution in [0, 0.1) is 11.9 Å². The highest BCUT2D eigenvalue weighted by Gasteiger charge is 2.30. The fourth-order valence-electron chi connectivity index (χ4n) is 1.69. The number of aromatic nitrogens is 2. The van der Waals surface area contributed by atoms with Gasteiger partial charge in [-0.3, -0.25) is 0 Å². The highest BCUT2D eigenvalue weighted by Crippen LogP contribution is 2.31. The fourth-order valence-corrected chi connectivity index (χ4v) is 1.69. The molecule has 1 aliphatic rings. The summed E-state index contributed by atoms with van der Waals surface area (Å²) >= 11 is 0. The molecule has 4 heteroatoms. The van der Waals surface area contributed by atoms with Gasteiger partial charge in [-0.1, -0.05) is 13.8 Å². The molecule has 0 unspecified atom stereocenters. The van der Waals surface area contributed by atoms with Crippen LogP contribution in [0.1, 0.15) is 26.7 Å². The lowest BCUT2D eigenvalue weighted by molar-refractivity contribution is 0.568. The Morgan fingerprint density at radius 3 is 2.73 bits per heavy atom. The van der Waals surface area contributed by atoms with Crippen LogP contribution in [-0.4, -0.2) is 22.6 Å². The highest BCUT2D eigenvalue weighted by atomic mass is 19.1. The van der Waals surface area contributed by atoms with Gasteiger partial charge >= 0.3 is 0 Å². The van der Waals surface area contributed by atoms with E-state index < -0.39 is 5.95 Å².